The summed E-state index contributed by atoms with van der Waals surface area (Å²) in [7, 11) is 1.80. The number of benzene rings is 1. The van der Waals surface area contributed by atoms with Crippen molar-refractivity contribution in [2.75, 3.05) is 33.4 Å². The molecule has 4 nitrogen and oxygen atoms in total. The number of halogens is 2. The van der Waals surface area contributed by atoms with Gasteiger partial charge in [0.1, 0.15) is 5.82 Å². The molecule has 0 bridgehead atoms. The monoisotopic (exact) mass is 419 g/mol. The van der Waals surface area contributed by atoms with Crippen LogP contribution in [0.25, 0.3) is 0 Å². The summed E-state index contributed by atoms with van der Waals surface area (Å²) in [5, 5.41) is 3.33. The Morgan fingerprint density at radius 3 is 3.00 bits per heavy atom. The number of hydrogen-bond acceptors (Lipinski definition) is 2. The number of aliphatic imine (C=N–C) groups is 1. The number of rotatable bonds is 2. The first kappa shape index (κ1) is 17.5. The van der Waals surface area contributed by atoms with E-state index in [4.69, 9.17) is 4.74 Å². The van der Waals surface area contributed by atoms with Gasteiger partial charge in [0, 0.05) is 38.7 Å². The zero-order valence-electron chi connectivity index (χ0n) is 12.8. The Labute approximate surface area is 148 Å². The molecule has 0 saturated carbocycles. The maximum atomic E-state index is 13.2. The van der Waals surface area contributed by atoms with E-state index in [0.717, 1.165) is 50.7 Å². The minimum Gasteiger partial charge on any atom is -0.381 e. The average molecular weight is 419 g/mol. The van der Waals surface area contributed by atoms with Crippen molar-refractivity contribution in [1.29, 1.82) is 0 Å². The van der Waals surface area contributed by atoms with Crippen molar-refractivity contribution >= 4 is 29.9 Å². The van der Waals surface area contributed by atoms with E-state index in [0.29, 0.717) is 12.0 Å². The highest BCUT2D eigenvalue weighted by Gasteiger charge is 2.42. The number of hydrogen-bond donors (Lipinski definition) is 1. The van der Waals surface area contributed by atoms with E-state index in [9.17, 15) is 4.39 Å². The molecule has 1 unspecified atom stereocenters. The second kappa shape index (κ2) is 7.59. The lowest BCUT2D eigenvalue weighted by atomic mass is 9.87. The van der Waals surface area contributed by atoms with Crippen LogP contribution in [0.15, 0.2) is 29.3 Å². The molecule has 1 aromatic rings. The maximum Gasteiger partial charge on any atom is 0.193 e. The van der Waals surface area contributed by atoms with Crippen molar-refractivity contribution in [3.05, 3.63) is 35.6 Å². The number of nitrogens with one attached hydrogen (secondary N) is 1. The van der Waals surface area contributed by atoms with E-state index in [1.165, 1.54) is 6.07 Å². The van der Waals surface area contributed by atoms with Gasteiger partial charge in [0.15, 0.2) is 5.96 Å². The number of ether oxygens (including phenoxy) is 1. The Kier molecular flexibility index (Phi) is 6.02. The molecule has 2 aliphatic rings. The van der Waals surface area contributed by atoms with Crippen LogP contribution in [-0.4, -0.2) is 44.2 Å². The molecule has 2 heterocycles. The summed E-state index contributed by atoms with van der Waals surface area (Å²) < 4.78 is 18.8. The van der Waals surface area contributed by atoms with Crippen LogP contribution in [0.5, 0.6) is 0 Å². The first-order valence-corrected chi connectivity index (χ1v) is 7.49. The minimum atomic E-state index is -0.201. The molecule has 0 radical (unpaired) electrons. The van der Waals surface area contributed by atoms with Gasteiger partial charge in [-0.3, -0.25) is 4.99 Å². The zero-order valence-corrected chi connectivity index (χ0v) is 15.2. The molecule has 1 N–H and O–H groups in total. The Bertz CT molecular complexity index is 532. The van der Waals surface area contributed by atoms with Gasteiger partial charge < -0.3 is 15.0 Å². The second-order valence-corrected chi connectivity index (χ2v) is 6.00. The van der Waals surface area contributed by atoms with Gasteiger partial charge in [-0.15, -0.1) is 24.0 Å². The highest BCUT2D eigenvalue weighted by molar-refractivity contribution is 14.0. The van der Waals surface area contributed by atoms with Crippen LogP contribution in [-0.2, 0) is 11.3 Å². The first-order valence-electron chi connectivity index (χ1n) is 7.49. The number of likely N-dealkylation sites (tertiary alicyclic amines) is 1. The molecule has 1 aromatic carbocycles. The van der Waals surface area contributed by atoms with Gasteiger partial charge in [0.25, 0.3) is 0 Å². The molecule has 2 fully saturated rings. The molecule has 122 valence electrons. The summed E-state index contributed by atoms with van der Waals surface area (Å²) in [4.78, 5) is 6.64. The van der Waals surface area contributed by atoms with Gasteiger partial charge in [0.05, 0.1) is 6.61 Å². The van der Waals surface area contributed by atoms with E-state index in [1.807, 2.05) is 6.07 Å². The molecule has 0 amide bonds. The van der Waals surface area contributed by atoms with E-state index in [-0.39, 0.29) is 29.8 Å². The fraction of sp³-hybridized carbons (Fsp3) is 0.562. The zero-order chi connectivity index (χ0) is 14.7. The van der Waals surface area contributed by atoms with E-state index in [2.05, 4.69) is 15.2 Å². The molecule has 0 aromatic heterocycles. The molecule has 3 rings (SSSR count). The molecule has 2 saturated heterocycles. The highest BCUT2D eigenvalue weighted by atomic mass is 127. The summed E-state index contributed by atoms with van der Waals surface area (Å²) in [6.45, 7) is 4.33. The van der Waals surface area contributed by atoms with Crippen molar-refractivity contribution in [1.82, 2.24) is 10.2 Å². The molecule has 2 aliphatic heterocycles. The SMILES string of the molecule is CN=C(NCc1cccc(F)c1)N1CCC2(CCOC2)C1.I. The predicted molar refractivity (Wildman–Crippen MR) is 96.1 cm³/mol. The van der Waals surface area contributed by atoms with Crippen LogP contribution in [0.3, 0.4) is 0 Å². The molecule has 6 heteroatoms. The van der Waals surface area contributed by atoms with Crippen LogP contribution in [0.2, 0.25) is 0 Å². The van der Waals surface area contributed by atoms with Gasteiger partial charge in [0.2, 0.25) is 0 Å². The lowest BCUT2D eigenvalue weighted by Gasteiger charge is -2.25. The minimum absolute atomic E-state index is 0. The fourth-order valence-corrected chi connectivity index (χ4v) is 3.25. The van der Waals surface area contributed by atoms with Crippen LogP contribution < -0.4 is 5.32 Å². The Hall–Kier alpha value is -0.890. The van der Waals surface area contributed by atoms with E-state index in [1.54, 1.807) is 19.2 Å². The van der Waals surface area contributed by atoms with Crippen molar-refractivity contribution in [3.63, 3.8) is 0 Å². The molecule has 1 spiro atoms. The van der Waals surface area contributed by atoms with Gasteiger partial charge >= 0.3 is 0 Å². The Morgan fingerprint density at radius 1 is 1.45 bits per heavy atom. The number of guanidine groups is 1. The normalized spacial score (nSPS) is 24.6. The Balaban J connectivity index is 0.00000176. The lowest BCUT2D eigenvalue weighted by Crippen LogP contribution is -2.41. The second-order valence-electron chi connectivity index (χ2n) is 6.00. The lowest BCUT2D eigenvalue weighted by molar-refractivity contribution is 0.156. The molecule has 0 aliphatic carbocycles. The van der Waals surface area contributed by atoms with Crippen molar-refractivity contribution in [2.45, 2.75) is 19.4 Å². The summed E-state index contributed by atoms with van der Waals surface area (Å²) in [5.41, 5.74) is 1.24. The van der Waals surface area contributed by atoms with Crippen LogP contribution in [0.4, 0.5) is 4.39 Å². The van der Waals surface area contributed by atoms with Crippen LogP contribution >= 0.6 is 24.0 Å². The largest absolute Gasteiger partial charge is 0.381 e. The number of nitrogens with zero attached hydrogens (tertiary/aromatic N) is 2. The Morgan fingerprint density at radius 2 is 2.32 bits per heavy atom. The smallest absolute Gasteiger partial charge is 0.193 e. The van der Waals surface area contributed by atoms with Crippen molar-refractivity contribution in [3.8, 4) is 0 Å². The average Bonchev–Trinajstić information content (AvgIpc) is 3.11. The first-order chi connectivity index (χ1) is 10.2. The van der Waals surface area contributed by atoms with Gasteiger partial charge in [-0.05, 0) is 30.5 Å². The van der Waals surface area contributed by atoms with Gasteiger partial charge in [-0.25, -0.2) is 4.39 Å². The molecule has 22 heavy (non-hydrogen) atoms. The third-order valence-electron chi connectivity index (χ3n) is 4.47. The standard InChI is InChI=1S/C16H22FN3O.HI/c1-18-15(19-10-13-3-2-4-14(17)9-13)20-7-5-16(11-20)6-8-21-12-16;/h2-4,9H,5-8,10-12H2,1H3,(H,18,19);1H. The topological polar surface area (TPSA) is 36.9 Å². The third kappa shape index (κ3) is 3.90. The predicted octanol–water partition coefficient (Wildman–Crippen LogP) is 2.63. The van der Waals surface area contributed by atoms with Gasteiger partial charge in [-0.1, -0.05) is 12.1 Å². The van der Waals surface area contributed by atoms with Gasteiger partial charge in [-0.2, -0.15) is 0 Å². The molecular formula is C16H23FIN3O. The molecule has 1 atom stereocenters. The van der Waals surface area contributed by atoms with E-state index < -0.39 is 0 Å². The highest BCUT2D eigenvalue weighted by Crippen LogP contribution is 2.38. The van der Waals surface area contributed by atoms with Crippen LogP contribution in [0, 0.1) is 11.2 Å². The quantitative estimate of drug-likeness (QED) is 0.455. The fourth-order valence-electron chi connectivity index (χ4n) is 3.25. The van der Waals surface area contributed by atoms with E-state index >= 15 is 0 Å². The molecular weight excluding hydrogens is 396 g/mol. The maximum absolute atomic E-state index is 13.2. The summed E-state index contributed by atoms with van der Waals surface area (Å²) in [6, 6.07) is 6.66. The van der Waals surface area contributed by atoms with Crippen molar-refractivity contribution in [2.24, 2.45) is 10.4 Å². The summed E-state index contributed by atoms with van der Waals surface area (Å²) in [6.07, 6.45) is 2.30. The summed E-state index contributed by atoms with van der Waals surface area (Å²) >= 11 is 0. The van der Waals surface area contributed by atoms with Crippen molar-refractivity contribution < 1.29 is 9.13 Å². The van der Waals surface area contributed by atoms with Crippen LogP contribution in [0.1, 0.15) is 18.4 Å². The summed E-state index contributed by atoms with van der Waals surface area (Å²) in [5.74, 6) is 0.690. The third-order valence-corrected chi connectivity index (χ3v) is 4.47.